The molecule has 0 saturated heterocycles. The Morgan fingerprint density at radius 3 is 1.25 bits per heavy atom. The second kappa shape index (κ2) is 7.86. The van der Waals surface area contributed by atoms with Crippen molar-refractivity contribution >= 4 is 0 Å². The van der Waals surface area contributed by atoms with Gasteiger partial charge in [-0.15, -0.1) is 0 Å². The summed E-state index contributed by atoms with van der Waals surface area (Å²) in [6, 6.07) is 35.0. The molecule has 28 heavy (non-hydrogen) atoms. The molecule has 0 spiro atoms. The average molecular weight is 363 g/mol. The molecule has 0 aliphatic rings. The van der Waals surface area contributed by atoms with Crippen LogP contribution in [0.15, 0.2) is 97.1 Å². The van der Waals surface area contributed by atoms with Crippen molar-refractivity contribution in [1.29, 1.82) is 0 Å². The minimum Gasteiger partial charge on any atom is -0.0622 e. The van der Waals surface area contributed by atoms with Gasteiger partial charge in [0.05, 0.1) is 0 Å². The van der Waals surface area contributed by atoms with Crippen LogP contribution in [-0.2, 0) is 0 Å². The number of hydrogen-bond donors (Lipinski definition) is 0. The van der Waals surface area contributed by atoms with E-state index in [-0.39, 0.29) is 0 Å². The highest BCUT2D eigenvalue weighted by molar-refractivity contribution is 5.69. The first-order chi connectivity index (χ1) is 13.6. The van der Waals surface area contributed by atoms with Crippen molar-refractivity contribution in [2.24, 2.45) is 0 Å². The number of hydrogen-bond acceptors (Lipinski definition) is 0. The molecule has 4 aromatic carbocycles. The summed E-state index contributed by atoms with van der Waals surface area (Å²) in [7, 11) is 0. The van der Waals surface area contributed by atoms with Crippen LogP contribution in [0.4, 0.5) is 0 Å². The minimum absolute atomic E-state index is 0.368. The van der Waals surface area contributed by atoms with E-state index in [1.165, 1.54) is 44.5 Å². The van der Waals surface area contributed by atoms with Crippen molar-refractivity contribution in [2.75, 3.05) is 0 Å². The fraction of sp³-hybridized carbons (Fsp3) is 0.143. The SMILES string of the molecule is Cc1cc(C(C)c2ccc(-c3ccccc3)c(C)c2)ccc1-c1ccccc1. The van der Waals surface area contributed by atoms with E-state index in [0.29, 0.717) is 5.92 Å². The maximum absolute atomic E-state index is 2.34. The first kappa shape index (κ1) is 18.3. The topological polar surface area (TPSA) is 0 Å². The normalized spacial score (nSPS) is 11.0. The van der Waals surface area contributed by atoms with Crippen LogP contribution in [0, 0.1) is 13.8 Å². The highest BCUT2D eigenvalue weighted by atomic mass is 14.2. The van der Waals surface area contributed by atoms with Gasteiger partial charge in [0.1, 0.15) is 0 Å². The van der Waals surface area contributed by atoms with Crippen LogP contribution in [0.3, 0.4) is 0 Å². The Labute approximate surface area is 168 Å². The molecule has 4 aromatic rings. The number of rotatable bonds is 4. The predicted octanol–water partition coefficient (Wildman–Crippen LogP) is 7.79. The Bertz CT molecular complexity index is 987. The highest BCUT2D eigenvalue weighted by Gasteiger charge is 2.12. The van der Waals surface area contributed by atoms with Crippen molar-refractivity contribution in [3.05, 3.63) is 119 Å². The van der Waals surface area contributed by atoms with E-state index in [0.717, 1.165) is 0 Å². The maximum atomic E-state index is 2.34. The Kier molecular flexibility index (Phi) is 5.12. The van der Waals surface area contributed by atoms with Crippen LogP contribution >= 0.6 is 0 Å². The van der Waals surface area contributed by atoms with E-state index >= 15 is 0 Å². The zero-order chi connectivity index (χ0) is 19.5. The molecule has 0 nitrogen and oxygen atoms in total. The number of benzene rings is 4. The zero-order valence-electron chi connectivity index (χ0n) is 16.8. The Morgan fingerprint density at radius 1 is 0.500 bits per heavy atom. The summed E-state index contributed by atoms with van der Waals surface area (Å²) in [6.45, 7) is 6.72. The Hall–Kier alpha value is -3.12. The van der Waals surface area contributed by atoms with Gasteiger partial charge >= 0.3 is 0 Å². The molecule has 0 fully saturated rings. The van der Waals surface area contributed by atoms with Crippen LogP contribution in [-0.4, -0.2) is 0 Å². The zero-order valence-corrected chi connectivity index (χ0v) is 16.8. The van der Waals surface area contributed by atoms with Gasteiger partial charge in [-0.1, -0.05) is 104 Å². The van der Waals surface area contributed by atoms with E-state index in [4.69, 9.17) is 0 Å². The second-order valence-electron chi connectivity index (χ2n) is 7.60. The smallest absolute Gasteiger partial charge is 0.00612 e. The molecule has 0 aromatic heterocycles. The quantitative estimate of drug-likeness (QED) is 0.347. The van der Waals surface area contributed by atoms with E-state index in [1.54, 1.807) is 0 Å². The van der Waals surface area contributed by atoms with Crippen molar-refractivity contribution in [1.82, 2.24) is 0 Å². The molecule has 0 unspecified atom stereocenters. The first-order valence-electron chi connectivity index (χ1n) is 9.95. The van der Waals surface area contributed by atoms with Crippen LogP contribution in [0.5, 0.6) is 0 Å². The van der Waals surface area contributed by atoms with Gasteiger partial charge in [0.25, 0.3) is 0 Å². The van der Waals surface area contributed by atoms with Gasteiger partial charge in [0.15, 0.2) is 0 Å². The van der Waals surface area contributed by atoms with Gasteiger partial charge in [-0.05, 0) is 58.4 Å². The third kappa shape index (κ3) is 3.64. The molecule has 0 aliphatic carbocycles. The molecule has 0 heteroatoms. The molecule has 0 N–H and O–H groups in total. The van der Waals surface area contributed by atoms with Gasteiger partial charge in [0.2, 0.25) is 0 Å². The van der Waals surface area contributed by atoms with Gasteiger partial charge in [0, 0.05) is 5.92 Å². The highest BCUT2D eigenvalue weighted by Crippen LogP contribution is 2.32. The Balaban J connectivity index is 1.64. The summed E-state index contributed by atoms with van der Waals surface area (Å²) < 4.78 is 0. The largest absolute Gasteiger partial charge is 0.0622 e. The molecular weight excluding hydrogens is 336 g/mol. The predicted molar refractivity (Wildman–Crippen MR) is 121 cm³/mol. The fourth-order valence-electron chi connectivity index (χ4n) is 3.99. The summed E-state index contributed by atoms with van der Waals surface area (Å²) in [5, 5.41) is 0. The third-order valence-electron chi connectivity index (χ3n) is 5.67. The fourth-order valence-corrected chi connectivity index (χ4v) is 3.99. The molecule has 0 radical (unpaired) electrons. The summed E-state index contributed by atoms with van der Waals surface area (Å²) in [5.74, 6) is 0.368. The molecule has 138 valence electrons. The maximum Gasteiger partial charge on any atom is 0.00612 e. The van der Waals surface area contributed by atoms with Gasteiger partial charge < -0.3 is 0 Å². The lowest BCUT2D eigenvalue weighted by molar-refractivity contribution is 0.918. The standard InChI is InChI=1S/C28H26/c1-20-18-25(14-16-27(20)23-10-6-4-7-11-23)22(3)26-15-17-28(21(2)19-26)24-12-8-5-9-13-24/h4-19,22H,1-3H3. The van der Waals surface area contributed by atoms with Crippen molar-refractivity contribution in [2.45, 2.75) is 26.7 Å². The second-order valence-corrected chi connectivity index (χ2v) is 7.60. The van der Waals surface area contributed by atoms with Crippen LogP contribution < -0.4 is 0 Å². The summed E-state index contributed by atoms with van der Waals surface area (Å²) in [5.41, 5.74) is 10.6. The molecule has 0 saturated carbocycles. The molecule has 0 amide bonds. The van der Waals surface area contributed by atoms with Crippen molar-refractivity contribution in [3.8, 4) is 22.3 Å². The van der Waals surface area contributed by atoms with Crippen molar-refractivity contribution < 1.29 is 0 Å². The summed E-state index contributed by atoms with van der Waals surface area (Å²) in [6.07, 6.45) is 0. The van der Waals surface area contributed by atoms with Crippen LogP contribution in [0.25, 0.3) is 22.3 Å². The lowest BCUT2D eigenvalue weighted by atomic mass is 9.87. The van der Waals surface area contributed by atoms with Gasteiger partial charge in [-0.25, -0.2) is 0 Å². The van der Waals surface area contributed by atoms with Crippen LogP contribution in [0.1, 0.15) is 35.1 Å². The molecule has 0 heterocycles. The van der Waals surface area contributed by atoms with E-state index < -0.39 is 0 Å². The summed E-state index contributed by atoms with van der Waals surface area (Å²) >= 11 is 0. The number of aryl methyl sites for hydroxylation is 2. The summed E-state index contributed by atoms with van der Waals surface area (Å²) in [4.78, 5) is 0. The van der Waals surface area contributed by atoms with E-state index in [1.807, 2.05) is 0 Å². The van der Waals surface area contributed by atoms with Crippen molar-refractivity contribution in [3.63, 3.8) is 0 Å². The molecule has 4 rings (SSSR count). The third-order valence-corrected chi connectivity index (χ3v) is 5.67. The van der Waals surface area contributed by atoms with E-state index in [2.05, 4.69) is 118 Å². The molecule has 0 aliphatic heterocycles. The molecule has 0 atom stereocenters. The average Bonchev–Trinajstić information content (AvgIpc) is 2.74. The minimum atomic E-state index is 0.368. The first-order valence-corrected chi connectivity index (χ1v) is 9.95. The van der Waals surface area contributed by atoms with Gasteiger partial charge in [-0.2, -0.15) is 0 Å². The lowest BCUT2D eigenvalue weighted by Gasteiger charge is -2.17. The lowest BCUT2D eigenvalue weighted by Crippen LogP contribution is -1.98. The Morgan fingerprint density at radius 2 is 0.893 bits per heavy atom. The molecule has 0 bridgehead atoms. The van der Waals surface area contributed by atoms with E-state index in [9.17, 15) is 0 Å². The monoisotopic (exact) mass is 362 g/mol. The van der Waals surface area contributed by atoms with Gasteiger partial charge in [-0.3, -0.25) is 0 Å². The molecular formula is C28H26. The van der Waals surface area contributed by atoms with Crippen LogP contribution in [0.2, 0.25) is 0 Å².